The van der Waals surface area contributed by atoms with E-state index in [1.54, 1.807) is 0 Å². The number of carbonyl (C=O) groups excluding carboxylic acids is 1. The molecule has 1 fully saturated rings. The molecule has 0 aliphatic heterocycles. The highest BCUT2D eigenvalue weighted by Crippen LogP contribution is 2.29. The molecule has 0 aromatic carbocycles. The second-order valence-electron chi connectivity index (χ2n) is 5.38. The van der Waals surface area contributed by atoms with Crippen molar-refractivity contribution in [2.24, 2.45) is 17.6 Å². The molecule has 0 heterocycles. The first-order chi connectivity index (χ1) is 7.36. The van der Waals surface area contributed by atoms with Crippen molar-refractivity contribution in [1.29, 1.82) is 0 Å². The molecule has 0 aromatic rings. The van der Waals surface area contributed by atoms with Gasteiger partial charge in [-0.25, -0.2) is 0 Å². The molecule has 4 heteroatoms. The number of nitrogens with one attached hydrogen (secondary N) is 1. The predicted octanol–water partition coefficient (Wildman–Crippen LogP) is 1.99. The van der Waals surface area contributed by atoms with Crippen LogP contribution in [0.25, 0.3) is 0 Å². The van der Waals surface area contributed by atoms with Gasteiger partial charge in [-0.05, 0) is 25.7 Å². The summed E-state index contributed by atoms with van der Waals surface area (Å²) in [7, 11) is 0. The fraction of sp³-hybridized carbons (Fsp3) is 0.833. The first-order valence-corrected chi connectivity index (χ1v) is 6.38. The molecule has 0 bridgehead atoms. The molecule has 3 N–H and O–H groups in total. The Balaban J connectivity index is 2.65. The number of carbonyl (C=O) groups is 1. The smallest absolute Gasteiger partial charge is 0.230 e. The first-order valence-electron chi connectivity index (χ1n) is 5.97. The van der Waals surface area contributed by atoms with Crippen LogP contribution >= 0.6 is 12.2 Å². The lowest BCUT2D eigenvalue weighted by atomic mass is 9.92. The van der Waals surface area contributed by atoms with Crippen molar-refractivity contribution in [3.63, 3.8) is 0 Å². The molecule has 16 heavy (non-hydrogen) atoms. The van der Waals surface area contributed by atoms with E-state index in [2.05, 4.69) is 12.2 Å². The first kappa shape index (κ1) is 13.4. The van der Waals surface area contributed by atoms with Gasteiger partial charge in [-0.15, -0.1) is 0 Å². The highest BCUT2D eigenvalue weighted by atomic mass is 32.1. The van der Waals surface area contributed by atoms with Crippen LogP contribution in [0.4, 0.5) is 0 Å². The van der Waals surface area contributed by atoms with Gasteiger partial charge in [0.05, 0.1) is 10.9 Å². The van der Waals surface area contributed by atoms with E-state index in [0.29, 0.717) is 4.99 Å². The van der Waals surface area contributed by atoms with Crippen molar-refractivity contribution in [2.75, 3.05) is 0 Å². The third-order valence-corrected chi connectivity index (χ3v) is 3.64. The van der Waals surface area contributed by atoms with Gasteiger partial charge in [0.25, 0.3) is 0 Å². The maximum Gasteiger partial charge on any atom is 0.230 e. The van der Waals surface area contributed by atoms with Gasteiger partial charge in [0.2, 0.25) is 5.91 Å². The molecule has 1 aliphatic rings. The predicted molar refractivity (Wildman–Crippen MR) is 70.1 cm³/mol. The average Bonchev–Trinajstić information content (AvgIpc) is 2.49. The van der Waals surface area contributed by atoms with Gasteiger partial charge in [-0.1, -0.05) is 38.9 Å². The van der Waals surface area contributed by atoms with Gasteiger partial charge in [-0.3, -0.25) is 4.79 Å². The van der Waals surface area contributed by atoms with Crippen LogP contribution < -0.4 is 11.1 Å². The third kappa shape index (κ3) is 3.17. The van der Waals surface area contributed by atoms with Crippen LogP contribution in [-0.4, -0.2) is 16.4 Å². The van der Waals surface area contributed by atoms with Crippen molar-refractivity contribution >= 4 is 23.1 Å². The molecule has 3 nitrogen and oxygen atoms in total. The van der Waals surface area contributed by atoms with Gasteiger partial charge in [0.1, 0.15) is 0 Å². The second kappa shape index (κ2) is 5.13. The average molecular weight is 242 g/mol. The van der Waals surface area contributed by atoms with E-state index in [1.165, 1.54) is 12.8 Å². The maximum atomic E-state index is 12.1. The summed E-state index contributed by atoms with van der Waals surface area (Å²) in [6.45, 7) is 6.05. The van der Waals surface area contributed by atoms with Crippen molar-refractivity contribution in [2.45, 2.75) is 52.0 Å². The highest BCUT2D eigenvalue weighted by molar-refractivity contribution is 7.80. The normalized spacial score (nSPS) is 20.8. The Morgan fingerprint density at radius 3 is 2.25 bits per heavy atom. The minimum atomic E-state index is -0.340. The van der Waals surface area contributed by atoms with Gasteiger partial charge >= 0.3 is 0 Å². The molecular weight excluding hydrogens is 220 g/mol. The molecule has 0 aromatic heterocycles. The molecule has 92 valence electrons. The summed E-state index contributed by atoms with van der Waals surface area (Å²) in [6.07, 6.45) is 4.49. The highest BCUT2D eigenvalue weighted by Gasteiger charge is 2.34. The molecule has 1 atom stereocenters. The second-order valence-corrected chi connectivity index (χ2v) is 5.85. The van der Waals surface area contributed by atoms with Crippen molar-refractivity contribution < 1.29 is 4.79 Å². The molecule has 1 amide bonds. The minimum absolute atomic E-state index is 0.00750. The number of thiocarbonyl (C=S) groups is 1. The van der Waals surface area contributed by atoms with Gasteiger partial charge in [0.15, 0.2) is 0 Å². The fourth-order valence-corrected chi connectivity index (χ4v) is 2.80. The number of rotatable bonds is 4. The number of hydrogen-bond acceptors (Lipinski definition) is 2. The lowest BCUT2D eigenvalue weighted by molar-refractivity contribution is -0.125. The van der Waals surface area contributed by atoms with E-state index in [1.807, 2.05) is 13.8 Å². The summed E-state index contributed by atoms with van der Waals surface area (Å²) in [5.41, 5.74) is 5.58. The fourth-order valence-electron chi connectivity index (χ4n) is 2.42. The van der Waals surface area contributed by atoms with E-state index in [4.69, 9.17) is 18.0 Å². The maximum absolute atomic E-state index is 12.1. The Bertz CT molecular complexity index is 283. The zero-order valence-corrected chi connectivity index (χ0v) is 11.2. The van der Waals surface area contributed by atoms with Gasteiger partial charge < -0.3 is 11.1 Å². The minimum Gasteiger partial charge on any atom is -0.393 e. The monoisotopic (exact) mass is 242 g/mol. The Labute approximate surface area is 103 Å². The van der Waals surface area contributed by atoms with Crippen LogP contribution in [0.15, 0.2) is 0 Å². The third-order valence-electron chi connectivity index (χ3n) is 3.39. The summed E-state index contributed by atoms with van der Waals surface area (Å²) in [4.78, 5) is 12.4. The number of amides is 1. The Morgan fingerprint density at radius 2 is 1.88 bits per heavy atom. The zero-order chi connectivity index (χ0) is 12.3. The van der Waals surface area contributed by atoms with Crippen molar-refractivity contribution in [3.05, 3.63) is 0 Å². The van der Waals surface area contributed by atoms with Crippen LogP contribution in [0.5, 0.6) is 0 Å². The quantitative estimate of drug-likeness (QED) is 0.741. The summed E-state index contributed by atoms with van der Waals surface area (Å²) in [5.74, 6) is -0.193. The molecule has 0 spiro atoms. The molecule has 1 unspecified atom stereocenters. The largest absolute Gasteiger partial charge is 0.393 e. The van der Waals surface area contributed by atoms with E-state index in [0.717, 1.165) is 12.8 Å². The Hall–Kier alpha value is -0.640. The molecule has 1 aliphatic carbocycles. The lowest BCUT2D eigenvalue weighted by Crippen LogP contribution is -2.50. The van der Waals surface area contributed by atoms with Crippen LogP contribution in [0.1, 0.15) is 46.5 Å². The summed E-state index contributed by atoms with van der Waals surface area (Å²) >= 11 is 4.96. The Kier molecular flexibility index (Phi) is 4.30. The summed E-state index contributed by atoms with van der Waals surface area (Å²) < 4.78 is 0. The van der Waals surface area contributed by atoms with E-state index in [9.17, 15) is 4.79 Å². The lowest BCUT2D eigenvalue weighted by Gasteiger charge is -2.29. The van der Waals surface area contributed by atoms with E-state index in [-0.39, 0.29) is 23.3 Å². The molecule has 1 saturated carbocycles. The number of hydrogen-bond donors (Lipinski definition) is 2. The van der Waals surface area contributed by atoms with E-state index < -0.39 is 0 Å². The van der Waals surface area contributed by atoms with Gasteiger partial charge in [0, 0.05) is 5.54 Å². The summed E-state index contributed by atoms with van der Waals surface area (Å²) in [6, 6.07) is 0. The number of nitrogens with two attached hydrogens (primary N) is 1. The van der Waals surface area contributed by atoms with Crippen LogP contribution in [0, 0.1) is 11.8 Å². The standard InChI is InChI=1S/C12H22N2OS/c1-8(2)9(10(13)16)11(15)14-12(3)6-4-5-7-12/h8-9H,4-7H2,1-3H3,(H2,13,16)(H,14,15). The van der Waals surface area contributed by atoms with E-state index >= 15 is 0 Å². The topological polar surface area (TPSA) is 55.1 Å². The Morgan fingerprint density at radius 1 is 1.38 bits per heavy atom. The molecule has 0 saturated heterocycles. The van der Waals surface area contributed by atoms with Crippen molar-refractivity contribution in [1.82, 2.24) is 5.32 Å². The summed E-state index contributed by atoms with van der Waals surface area (Å²) in [5, 5.41) is 3.11. The molecule has 0 radical (unpaired) electrons. The van der Waals surface area contributed by atoms with Crippen LogP contribution in [0.3, 0.4) is 0 Å². The molecule has 1 rings (SSSR count). The SMILES string of the molecule is CC(C)C(C(=O)NC1(C)CCCC1)C(N)=S. The van der Waals surface area contributed by atoms with Crippen LogP contribution in [0.2, 0.25) is 0 Å². The zero-order valence-electron chi connectivity index (χ0n) is 10.4. The molecular formula is C12H22N2OS. The van der Waals surface area contributed by atoms with Gasteiger partial charge in [-0.2, -0.15) is 0 Å². The van der Waals surface area contributed by atoms with Crippen molar-refractivity contribution in [3.8, 4) is 0 Å². The van der Waals surface area contributed by atoms with Crippen LogP contribution in [-0.2, 0) is 4.79 Å².